The lowest BCUT2D eigenvalue weighted by atomic mass is 9.95. The summed E-state index contributed by atoms with van der Waals surface area (Å²) in [5, 5.41) is 3.47. The number of rotatable bonds is 3. The summed E-state index contributed by atoms with van der Waals surface area (Å²) in [6, 6.07) is 2.48. The van der Waals surface area contributed by atoms with Crippen LogP contribution in [-0.4, -0.2) is 28.2 Å². The Labute approximate surface area is 95.4 Å². The van der Waals surface area contributed by atoms with E-state index in [-0.39, 0.29) is 0 Å². The number of aryl methyl sites for hydroxylation is 1. The second-order valence-electron chi connectivity index (χ2n) is 4.61. The molecule has 16 heavy (non-hydrogen) atoms. The largest absolute Gasteiger partial charge is 0.373 e. The van der Waals surface area contributed by atoms with Crippen molar-refractivity contribution in [2.24, 2.45) is 0 Å². The highest BCUT2D eigenvalue weighted by atomic mass is 16.5. The van der Waals surface area contributed by atoms with E-state index in [9.17, 15) is 0 Å². The molecule has 2 fully saturated rings. The van der Waals surface area contributed by atoms with E-state index >= 15 is 0 Å². The standard InChI is InChI=1S/C12H17N3O/c1-2-8-5-12(14-7-13-8)15-10-6-9-3-4-11(10)16-9/h5,7,9-11H,2-4,6H2,1H3,(H,13,14,15). The molecule has 2 aliphatic rings. The van der Waals surface area contributed by atoms with Crippen LogP contribution in [0.1, 0.15) is 31.9 Å². The molecule has 2 saturated heterocycles. The van der Waals surface area contributed by atoms with Crippen molar-refractivity contribution in [3.8, 4) is 0 Å². The molecule has 3 heterocycles. The van der Waals surface area contributed by atoms with Crippen LogP contribution in [0, 0.1) is 0 Å². The van der Waals surface area contributed by atoms with E-state index in [1.54, 1.807) is 6.33 Å². The quantitative estimate of drug-likeness (QED) is 0.841. The molecule has 3 rings (SSSR count). The molecule has 0 aliphatic carbocycles. The van der Waals surface area contributed by atoms with Crippen LogP contribution in [0.2, 0.25) is 0 Å². The van der Waals surface area contributed by atoms with Gasteiger partial charge < -0.3 is 10.1 Å². The first-order valence-electron chi connectivity index (χ1n) is 6.08. The number of ether oxygens (including phenoxy) is 1. The van der Waals surface area contributed by atoms with E-state index < -0.39 is 0 Å². The van der Waals surface area contributed by atoms with E-state index in [1.807, 2.05) is 6.07 Å². The molecule has 4 nitrogen and oxygen atoms in total. The second kappa shape index (κ2) is 4.01. The molecule has 1 N–H and O–H groups in total. The van der Waals surface area contributed by atoms with Crippen LogP contribution in [0.4, 0.5) is 5.82 Å². The van der Waals surface area contributed by atoms with Gasteiger partial charge in [-0.15, -0.1) is 0 Å². The number of nitrogens with one attached hydrogen (secondary N) is 1. The van der Waals surface area contributed by atoms with Crippen LogP contribution in [0.15, 0.2) is 12.4 Å². The number of nitrogens with zero attached hydrogens (tertiary/aromatic N) is 2. The monoisotopic (exact) mass is 219 g/mol. The Morgan fingerprint density at radius 2 is 2.38 bits per heavy atom. The zero-order valence-electron chi connectivity index (χ0n) is 9.52. The van der Waals surface area contributed by atoms with Crippen molar-refractivity contribution >= 4 is 5.82 Å². The van der Waals surface area contributed by atoms with Gasteiger partial charge in [-0.3, -0.25) is 0 Å². The minimum atomic E-state index is 0.394. The molecule has 0 radical (unpaired) electrons. The van der Waals surface area contributed by atoms with Crippen molar-refractivity contribution in [2.75, 3.05) is 5.32 Å². The summed E-state index contributed by atoms with van der Waals surface area (Å²) in [5.41, 5.74) is 1.08. The molecule has 86 valence electrons. The van der Waals surface area contributed by atoms with Gasteiger partial charge in [0.25, 0.3) is 0 Å². The van der Waals surface area contributed by atoms with Gasteiger partial charge in [-0.1, -0.05) is 6.92 Å². The average Bonchev–Trinajstić information content (AvgIpc) is 2.91. The fraction of sp³-hybridized carbons (Fsp3) is 0.667. The van der Waals surface area contributed by atoms with E-state index in [1.165, 1.54) is 12.8 Å². The predicted molar refractivity (Wildman–Crippen MR) is 61.3 cm³/mol. The zero-order valence-corrected chi connectivity index (χ0v) is 9.52. The predicted octanol–water partition coefficient (Wildman–Crippen LogP) is 1.77. The third kappa shape index (κ3) is 1.78. The summed E-state index contributed by atoms with van der Waals surface area (Å²) in [6.07, 6.45) is 7.00. The van der Waals surface area contributed by atoms with E-state index in [0.717, 1.165) is 24.4 Å². The van der Waals surface area contributed by atoms with Crippen LogP contribution in [0.5, 0.6) is 0 Å². The topological polar surface area (TPSA) is 47.0 Å². The minimum Gasteiger partial charge on any atom is -0.373 e. The zero-order chi connectivity index (χ0) is 11.0. The molecular weight excluding hydrogens is 202 g/mol. The van der Waals surface area contributed by atoms with Gasteiger partial charge in [0.15, 0.2) is 0 Å². The molecule has 4 heteroatoms. The van der Waals surface area contributed by atoms with Crippen LogP contribution >= 0.6 is 0 Å². The Kier molecular flexibility index (Phi) is 2.52. The van der Waals surface area contributed by atoms with Crippen molar-refractivity contribution in [3.05, 3.63) is 18.1 Å². The molecular formula is C12H17N3O. The second-order valence-corrected chi connectivity index (χ2v) is 4.61. The first kappa shape index (κ1) is 10.0. The summed E-state index contributed by atoms with van der Waals surface area (Å²) in [4.78, 5) is 8.45. The Morgan fingerprint density at radius 3 is 3.06 bits per heavy atom. The normalized spacial score (nSPS) is 31.9. The summed E-state index contributed by atoms with van der Waals surface area (Å²) < 4.78 is 5.81. The van der Waals surface area contributed by atoms with Gasteiger partial charge in [-0.2, -0.15) is 0 Å². The number of fused-ring (bicyclic) bond motifs is 2. The van der Waals surface area contributed by atoms with Gasteiger partial charge in [-0.05, 0) is 25.7 Å². The molecule has 0 saturated carbocycles. The summed E-state index contributed by atoms with van der Waals surface area (Å²) in [7, 11) is 0. The summed E-state index contributed by atoms with van der Waals surface area (Å²) >= 11 is 0. The maximum absolute atomic E-state index is 5.81. The summed E-state index contributed by atoms with van der Waals surface area (Å²) in [6.45, 7) is 2.10. The first-order valence-corrected chi connectivity index (χ1v) is 6.08. The molecule has 0 spiro atoms. The van der Waals surface area contributed by atoms with Crippen LogP contribution < -0.4 is 5.32 Å². The van der Waals surface area contributed by atoms with E-state index in [4.69, 9.17) is 4.74 Å². The average molecular weight is 219 g/mol. The number of anilines is 1. The SMILES string of the molecule is CCc1cc(NC2CC3CCC2O3)ncn1. The van der Waals surface area contributed by atoms with Crippen LogP contribution in [-0.2, 0) is 11.2 Å². The Hall–Kier alpha value is -1.16. The lowest BCUT2D eigenvalue weighted by molar-refractivity contribution is 0.102. The Bertz CT molecular complexity index is 382. The maximum Gasteiger partial charge on any atom is 0.129 e. The van der Waals surface area contributed by atoms with Crippen LogP contribution in [0.25, 0.3) is 0 Å². The Morgan fingerprint density at radius 1 is 1.44 bits per heavy atom. The highest BCUT2D eigenvalue weighted by Crippen LogP contribution is 2.35. The van der Waals surface area contributed by atoms with Crippen LogP contribution in [0.3, 0.4) is 0 Å². The molecule has 0 amide bonds. The van der Waals surface area contributed by atoms with E-state index in [0.29, 0.717) is 18.2 Å². The lowest BCUT2D eigenvalue weighted by Crippen LogP contribution is -2.30. The third-order valence-electron chi connectivity index (χ3n) is 3.53. The highest BCUT2D eigenvalue weighted by molar-refractivity contribution is 5.37. The third-order valence-corrected chi connectivity index (χ3v) is 3.53. The van der Waals surface area contributed by atoms with Gasteiger partial charge in [0, 0.05) is 11.8 Å². The summed E-state index contributed by atoms with van der Waals surface area (Å²) in [5.74, 6) is 0.938. The minimum absolute atomic E-state index is 0.394. The van der Waals surface area contributed by atoms with Crippen molar-refractivity contribution in [1.82, 2.24) is 9.97 Å². The van der Waals surface area contributed by atoms with E-state index in [2.05, 4.69) is 22.2 Å². The van der Waals surface area contributed by atoms with Gasteiger partial charge >= 0.3 is 0 Å². The lowest BCUT2D eigenvalue weighted by Gasteiger charge is -2.20. The number of hydrogen-bond donors (Lipinski definition) is 1. The fourth-order valence-electron chi connectivity index (χ4n) is 2.65. The van der Waals surface area contributed by atoms with Gasteiger partial charge in [0.05, 0.1) is 18.2 Å². The van der Waals surface area contributed by atoms with Gasteiger partial charge in [0.1, 0.15) is 12.1 Å². The number of aromatic nitrogens is 2. The van der Waals surface area contributed by atoms with Gasteiger partial charge in [0.2, 0.25) is 0 Å². The fourth-order valence-corrected chi connectivity index (χ4v) is 2.65. The molecule has 3 unspecified atom stereocenters. The molecule has 1 aromatic heterocycles. The highest BCUT2D eigenvalue weighted by Gasteiger charge is 2.40. The Balaban J connectivity index is 1.69. The molecule has 2 bridgehead atoms. The van der Waals surface area contributed by atoms with Crippen molar-refractivity contribution in [2.45, 2.75) is 50.9 Å². The van der Waals surface area contributed by atoms with Crippen molar-refractivity contribution in [3.63, 3.8) is 0 Å². The maximum atomic E-state index is 5.81. The van der Waals surface area contributed by atoms with Crippen molar-refractivity contribution < 1.29 is 4.74 Å². The first-order chi connectivity index (χ1) is 7.85. The van der Waals surface area contributed by atoms with Crippen molar-refractivity contribution in [1.29, 1.82) is 0 Å². The molecule has 1 aromatic rings. The molecule has 0 aromatic carbocycles. The number of hydrogen-bond acceptors (Lipinski definition) is 4. The molecule has 2 aliphatic heterocycles. The van der Waals surface area contributed by atoms with Gasteiger partial charge in [-0.25, -0.2) is 9.97 Å². The smallest absolute Gasteiger partial charge is 0.129 e. The molecule has 3 atom stereocenters.